The number of hydrogen-bond acceptors (Lipinski definition) is 8. The molecule has 2 aliphatic rings. The number of hydrogen-bond donors (Lipinski definition) is 1. The largest absolute Gasteiger partial charge is 0.441 e. The van der Waals surface area contributed by atoms with Gasteiger partial charge in [0.1, 0.15) is 4.83 Å². The van der Waals surface area contributed by atoms with Crippen LogP contribution in [0.25, 0.3) is 15.6 Å². The average molecular weight is 430 g/mol. The molecule has 1 fully saturated rings. The molecule has 0 bridgehead atoms. The number of aryl methyl sites for hydroxylation is 1. The Morgan fingerprint density at radius 2 is 2.24 bits per heavy atom. The summed E-state index contributed by atoms with van der Waals surface area (Å²) in [6.07, 6.45) is 5.82. The summed E-state index contributed by atoms with van der Waals surface area (Å²) in [5.41, 5.74) is 0.898. The second-order valence-electron chi connectivity index (χ2n) is 7.58. The lowest BCUT2D eigenvalue weighted by Gasteiger charge is -2.32. The summed E-state index contributed by atoms with van der Waals surface area (Å²) in [6.45, 7) is 6.33. The van der Waals surface area contributed by atoms with E-state index in [1.54, 1.807) is 11.3 Å². The fourth-order valence-electron chi connectivity index (χ4n) is 3.57. The van der Waals surface area contributed by atoms with Gasteiger partial charge in [-0.25, -0.2) is 9.97 Å². The second kappa shape index (κ2) is 7.55. The van der Waals surface area contributed by atoms with E-state index in [0.717, 1.165) is 39.2 Å². The molecule has 1 aliphatic carbocycles. The van der Waals surface area contributed by atoms with E-state index in [4.69, 9.17) is 9.40 Å². The molecule has 0 radical (unpaired) electrons. The summed E-state index contributed by atoms with van der Waals surface area (Å²) in [7, 11) is 2.09. The highest BCUT2D eigenvalue weighted by Crippen LogP contribution is 2.34. The molecule has 1 unspecified atom stereocenters. The number of thiophene rings is 1. The molecule has 3 aromatic heterocycles. The Hall–Kier alpha value is -2.23. The van der Waals surface area contributed by atoms with Crippen LogP contribution in [0, 0.1) is 6.92 Å². The van der Waals surface area contributed by atoms with Gasteiger partial charge in [-0.3, -0.25) is 4.79 Å². The minimum atomic E-state index is -0.0733. The molecule has 0 saturated carbocycles. The van der Waals surface area contributed by atoms with Crippen LogP contribution < -0.4 is 10.2 Å². The molecule has 3 aromatic rings. The lowest BCUT2D eigenvalue weighted by atomic mass is 10.0. The van der Waals surface area contributed by atoms with Crippen LogP contribution in [0.5, 0.6) is 0 Å². The van der Waals surface area contributed by atoms with Gasteiger partial charge in [0.15, 0.2) is 16.8 Å². The van der Waals surface area contributed by atoms with Gasteiger partial charge < -0.3 is 19.5 Å². The number of nitrogens with one attached hydrogen (secondary N) is 1. The quantitative estimate of drug-likeness (QED) is 0.649. The van der Waals surface area contributed by atoms with Gasteiger partial charge >= 0.3 is 0 Å². The van der Waals surface area contributed by atoms with Gasteiger partial charge in [-0.05, 0) is 31.7 Å². The van der Waals surface area contributed by atoms with Crippen molar-refractivity contribution < 1.29 is 9.21 Å². The number of thiazole rings is 1. The Morgan fingerprint density at radius 3 is 3.00 bits per heavy atom. The SMILES string of the molecule is Cc1nc2c(o1)C=CC(NC(=O)c1cc3sc(N(C)CCN4CCC4)nc3s1)C2. The van der Waals surface area contributed by atoms with Crippen molar-refractivity contribution in [1.82, 2.24) is 20.2 Å². The minimum absolute atomic E-state index is 0.0637. The van der Waals surface area contributed by atoms with E-state index in [0.29, 0.717) is 17.2 Å². The van der Waals surface area contributed by atoms with Crippen molar-refractivity contribution in [3.05, 3.63) is 34.4 Å². The topological polar surface area (TPSA) is 74.5 Å². The van der Waals surface area contributed by atoms with Gasteiger partial charge in [-0.1, -0.05) is 17.4 Å². The third-order valence-electron chi connectivity index (χ3n) is 5.37. The summed E-state index contributed by atoms with van der Waals surface area (Å²) >= 11 is 3.10. The lowest BCUT2D eigenvalue weighted by molar-refractivity contribution is 0.0948. The molecule has 5 rings (SSSR count). The van der Waals surface area contributed by atoms with Crippen LogP contribution in [-0.2, 0) is 6.42 Å². The molecule has 1 atom stereocenters. The van der Waals surface area contributed by atoms with E-state index in [1.807, 2.05) is 25.1 Å². The van der Waals surface area contributed by atoms with Crippen molar-refractivity contribution in [1.29, 1.82) is 0 Å². The normalized spacial score (nSPS) is 18.6. The summed E-state index contributed by atoms with van der Waals surface area (Å²) in [5.74, 6) is 1.38. The molecule has 152 valence electrons. The average Bonchev–Trinajstić information content (AvgIpc) is 3.31. The number of likely N-dealkylation sites (N-methyl/N-ethyl adjacent to an activating group) is 1. The van der Waals surface area contributed by atoms with Gasteiger partial charge in [0, 0.05) is 33.5 Å². The predicted molar refractivity (Wildman–Crippen MR) is 117 cm³/mol. The van der Waals surface area contributed by atoms with Crippen LogP contribution in [0.3, 0.4) is 0 Å². The van der Waals surface area contributed by atoms with Gasteiger partial charge in [0.2, 0.25) is 0 Å². The Labute approximate surface area is 177 Å². The highest BCUT2D eigenvalue weighted by molar-refractivity contribution is 7.29. The molecular formula is C20H23N5O2S2. The Bertz CT molecular complexity index is 1050. The van der Waals surface area contributed by atoms with E-state index >= 15 is 0 Å². The first-order chi connectivity index (χ1) is 14.0. The predicted octanol–water partition coefficient (Wildman–Crippen LogP) is 3.16. The van der Waals surface area contributed by atoms with Crippen LogP contribution in [-0.4, -0.2) is 60.0 Å². The highest BCUT2D eigenvalue weighted by Gasteiger charge is 2.22. The zero-order valence-corrected chi connectivity index (χ0v) is 18.1. The molecule has 0 aromatic carbocycles. The number of aromatic nitrogens is 2. The van der Waals surface area contributed by atoms with Gasteiger partial charge in [-0.2, -0.15) is 0 Å². The molecule has 4 heterocycles. The Balaban J connectivity index is 1.22. The standard InChI is InChI=1S/C20H23N5O2S2/c1-12-21-14-10-13(4-5-15(14)27-12)22-18(26)16-11-17-19(28-16)23-20(29-17)24(2)8-9-25-6-3-7-25/h4-5,11,13H,3,6-10H2,1-2H3,(H,22,26). The van der Waals surface area contributed by atoms with Gasteiger partial charge in [0.25, 0.3) is 5.91 Å². The van der Waals surface area contributed by atoms with Gasteiger partial charge in [0.05, 0.1) is 21.3 Å². The Kier molecular flexibility index (Phi) is 4.89. The van der Waals surface area contributed by atoms with Crippen molar-refractivity contribution in [3.63, 3.8) is 0 Å². The summed E-state index contributed by atoms with van der Waals surface area (Å²) < 4.78 is 6.59. The van der Waals surface area contributed by atoms with Crippen molar-refractivity contribution in [3.8, 4) is 0 Å². The smallest absolute Gasteiger partial charge is 0.261 e. The number of nitrogens with zero attached hydrogens (tertiary/aromatic N) is 4. The monoisotopic (exact) mass is 429 g/mol. The highest BCUT2D eigenvalue weighted by atomic mass is 32.1. The first-order valence-electron chi connectivity index (χ1n) is 9.84. The van der Waals surface area contributed by atoms with Crippen molar-refractivity contribution in [2.45, 2.75) is 25.8 Å². The minimum Gasteiger partial charge on any atom is -0.441 e. The third kappa shape index (κ3) is 3.82. The van der Waals surface area contributed by atoms with Crippen LogP contribution in [0.2, 0.25) is 0 Å². The fourth-order valence-corrected chi connectivity index (χ4v) is 5.67. The van der Waals surface area contributed by atoms with Crippen LogP contribution >= 0.6 is 22.7 Å². The van der Waals surface area contributed by atoms with Crippen LogP contribution in [0.1, 0.15) is 33.4 Å². The van der Waals surface area contributed by atoms with Crippen molar-refractivity contribution in [2.24, 2.45) is 0 Å². The zero-order valence-electron chi connectivity index (χ0n) is 16.5. The van der Waals surface area contributed by atoms with E-state index in [-0.39, 0.29) is 11.9 Å². The molecule has 9 heteroatoms. The number of fused-ring (bicyclic) bond motifs is 2. The lowest BCUT2D eigenvalue weighted by Crippen LogP contribution is -2.41. The number of anilines is 1. The van der Waals surface area contributed by atoms with E-state index in [9.17, 15) is 4.79 Å². The Morgan fingerprint density at radius 1 is 1.38 bits per heavy atom. The van der Waals surface area contributed by atoms with E-state index < -0.39 is 0 Å². The summed E-state index contributed by atoms with van der Waals surface area (Å²) in [5, 5.41) is 4.10. The maximum atomic E-state index is 12.7. The van der Waals surface area contributed by atoms with Crippen LogP contribution in [0.4, 0.5) is 5.13 Å². The maximum absolute atomic E-state index is 12.7. The van der Waals surface area contributed by atoms with E-state index in [1.165, 1.54) is 30.8 Å². The first-order valence-corrected chi connectivity index (χ1v) is 11.5. The molecule has 1 N–H and O–H groups in total. The first kappa shape index (κ1) is 18.8. The van der Waals surface area contributed by atoms with Crippen molar-refractivity contribution >= 4 is 49.3 Å². The number of likely N-dealkylation sites (tertiary alicyclic amines) is 1. The number of oxazole rings is 1. The van der Waals surface area contributed by atoms with Gasteiger partial charge in [-0.15, -0.1) is 11.3 Å². The molecular weight excluding hydrogens is 406 g/mol. The number of rotatable bonds is 6. The molecule has 7 nitrogen and oxygen atoms in total. The fraction of sp³-hybridized carbons (Fsp3) is 0.450. The molecule has 0 spiro atoms. The summed E-state index contributed by atoms with van der Waals surface area (Å²) in [4.78, 5) is 28.1. The number of carbonyl (C=O) groups is 1. The zero-order chi connectivity index (χ0) is 20.0. The molecule has 1 aliphatic heterocycles. The number of amides is 1. The second-order valence-corrected chi connectivity index (χ2v) is 9.62. The third-order valence-corrected chi connectivity index (χ3v) is 7.65. The van der Waals surface area contributed by atoms with E-state index in [2.05, 4.69) is 27.1 Å². The molecule has 1 amide bonds. The van der Waals surface area contributed by atoms with Crippen LogP contribution in [0.15, 0.2) is 16.6 Å². The summed E-state index contributed by atoms with van der Waals surface area (Å²) in [6, 6.07) is 1.88. The molecule has 1 saturated heterocycles. The van der Waals surface area contributed by atoms with Crippen molar-refractivity contribution in [2.75, 3.05) is 38.1 Å². The maximum Gasteiger partial charge on any atom is 0.261 e. The molecule has 29 heavy (non-hydrogen) atoms. The number of carbonyl (C=O) groups excluding carboxylic acids is 1.